The van der Waals surface area contributed by atoms with E-state index in [1.807, 2.05) is 84.9 Å². The van der Waals surface area contributed by atoms with Gasteiger partial charge in [0.15, 0.2) is 17.5 Å². The molecule has 0 saturated carbocycles. The lowest BCUT2D eigenvalue weighted by Gasteiger charge is -2.13. The van der Waals surface area contributed by atoms with Gasteiger partial charge < -0.3 is 0 Å². The second-order valence-electron chi connectivity index (χ2n) is 13.1. The summed E-state index contributed by atoms with van der Waals surface area (Å²) in [6.45, 7) is 0. The molecule has 54 heavy (non-hydrogen) atoms. The van der Waals surface area contributed by atoms with E-state index in [1.54, 1.807) is 6.07 Å². The maximum atomic E-state index is 9.34. The molecule has 1 heterocycles. The lowest BCUT2D eigenvalue weighted by atomic mass is 9.94. The molecule has 1 aromatic heterocycles. The summed E-state index contributed by atoms with van der Waals surface area (Å²) in [5, 5.41) is 3.30. The highest BCUT2D eigenvalue weighted by Crippen LogP contribution is 2.36. The van der Waals surface area contributed by atoms with Crippen LogP contribution in [0.1, 0.15) is 9.60 Å². The quantitative estimate of drug-likeness (QED) is 0.174. The Balaban J connectivity index is 1.13. The molecule has 9 aromatic carbocycles. The predicted molar refractivity (Wildman–Crippen MR) is 225 cm³/mol. The average Bonchev–Trinajstić information content (AvgIpc) is 3.31. The molecule has 0 aliphatic carbocycles. The van der Waals surface area contributed by atoms with E-state index in [9.17, 15) is 1.37 Å². The zero-order chi connectivity index (χ0) is 41.9. The standard InChI is InChI=1S/C51H33N3/c1-3-12-34(13-4-1)38-19-11-20-39(28-38)40-23-24-42-31-45(27-25-41(42)29-40)50-52-49(36-15-5-2-6-16-36)53-51(54-50)46-32-43-18-9-10-21-47(43)48(33-46)44-26-22-35-14-7-8-17-37(35)30-44/h1-33H/i7D,8D,14D,17D,22D,26D,30D. The van der Waals surface area contributed by atoms with E-state index in [1.165, 1.54) is 0 Å². The third kappa shape index (κ3) is 5.98. The fourth-order valence-electron chi connectivity index (χ4n) is 6.99. The van der Waals surface area contributed by atoms with Gasteiger partial charge in [0, 0.05) is 16.7 Å². The van der Waals surface area contributed by atoms with Gasteiger partial charge in [-0.25, -0.2) is 15.0 Å². The molecule has 10 rings (SSSR count). The van der Waals surface area contributed by atoms with Crippen LogP contribution in [0.5, 0.6) is 0 Å². The summed E-state index contributed by atoms with van der Waals surface area (Å²) in [6.07, 6.45) is 0. The van der Waals surface area contributed by atoms with Gasteiger partial charge in [-0.1, -0.05) is 164 Å². The number of nitrogens with zero attached hydrogens (tertiary/aromatic N) is 3. The van der Waals surface area contributed by atoms with Crippen molar-refractivity contribution in [2.45, 2.75) is 0 Å². The van der Waals surface area contributed by atoms with Crippen molar-refractivity contribution in [2.75, 3.05) is 0 Å². The van der Waals surface area contributed by atoms with Crippen LogP contribution in [-0.4, -0.2) is 15.0 Å². The van der Waals surface area contributed by atoms with Gasteiger partial charge in [-0.3, -0.25) is 0 Å². The molecule has 0 bridgehead atoms. The lowest BCUT2D eigenvalue weighted by molar-refractivity contribution is 1.08. The maximum Gasteiger partial charge on any atom is 0.164 e. The molecule has 0 radical (unpaired) electrons. The Morgan fingerprint density at radius 3 is 1.65 bits per heavy atom. The van der Waals surface area contributed by atoms with Crippen LogP contribution in [0, 0.1) is 0 Å². The molecule has 3 heteroatoms. The highest BCUT2D eigenvalue weighted by molar-refractivity contribution is 6.01. The molecule has 10 aromatic rings. The monoisotopic (exact) mass is 694 g/mol. The van der Waals surface area contributed by atoms with Crippen molar-refractivity contribution >= 4 is 32.3 Å². The molecular weight excluding hydrogens is 655 g/mol. The zero-order valence-corrected chi connectivity index (χ0v) is 28.9. The van der Waals surface area contributed by atoms with E-state index in [0.717, 1.165) is 49.5 Å². The second kappa shape index (κ2) is 13.4. The van der Waals surface area contributed by atoms with Crippen molar-refractivity contribution in [2.24, 2.45) is 0 Å². The molecule has 0 fully saturated rings. The summed E-state index contributed by atoms with van der Waals surface area (Å²) < 4.78 is 61.2. The van der Waals surface area contributed by atoms with Crippen LogP contribution < -0.4 is 0 Å². The summed E-state index contributed by atoms with van der Waals surface area (Å²) >= 11 is 0. The Morgan fingerprint density at radius 1 is 0.315 bits per heavy atom. The Labute approximate surface area is 323 Å². The Kier molecular flexibility index (Phi) is 6.17. The minimum absolute atomic E-state index is 0.0823. The van der Waals surface area contributed by atoms with E-state index in [-0.39, 0.29) is 34.5 Å². The van der Waals surface area contributed by atoms with E-state index in [0.29, 0.717) is 34.0 Å². The largest absolute Gasteiger partial charge is 0.208 e. The van der Waals surface area contributed by atoms with Gasteiger partial charge in [-0.05, 0) is 102 Å². The summed E-state index contributed by atoms with van der Waals surface area (Å²) in [6, 6.07) is 49.6. The molecule has 252 valence electrons. The fourth-order valence-corrected chi connectivity index (χ4v) is 6.99. The van der Waals surface area contributed by atoms with E-state index in [2.05, 4.69) is 66.7 Å². The molecule has 0 aliphatic rings. The summed E-state index contributed by atoms with van der Waals surface area (Å²) in [4.78, 5) is 15.0. The lowest BCUT2D eigenvalue weighted by Crippen LogP contribution is -2.00. The number of rotatable bonds is 6. The van der Waals surface area contributed by atoms with Crippen LogP contribution in [0.25, 0.3) is 99.9 Å². The van der Waals surface area contributed by atoms with Gasteiger partial charge in [0.2, 0.25) is 0 Å². The molecule has 3 nitrogen and oxygen atoms in total. The number of aromatic nitrogens is 3. The van der Waals surface area contributed by atoms with E-state index in [4.69, 9.17) is 23.2 Å². The summed E-state index contributed by atoms with van der Waals surface area (Å²) in [7, 11) is 0. The van der Waals surface area contributed by atoms with Gasteiger partial charge in [0.25, 0.3) is 0 Å². The molecule has 0 atom stereocenters. The first-order valence-electron chi connectivity index (χ1n) is 21.2. The Hall–Kier alpha value is -7.23. The topological polar surface area (TPSA) is 38.7 Å². The van der Waals surface area contributed by atoms with E-state index < -0.39 is 24.2 Å². The molecule has 0 spiro atoms. The first-order valence-corrected chi connectivity index (χ1v) is 17.7. The number of hydrogen-bond acceptors (Lipinski definition) is 3. The minimum atomic E-state index is -0.508. The normalized spacial score (nSPS) is 13.1. The number of hydrogen-bond donors (Lipinski definition) is 0. The third-order valence-corrected chi connectivity index (χ3v) is 9.71. The Bertz CT molecular complexity index is 3390. The van der Waals surface area contributed by atoms with Gasteiger partial charge in [-0.2, -0.15) is 0 Å². The minimum Gasteiger partial charge on any atom is -0.208 e. The van der Waals surface area contributed by atoms with Crippen molar-refractivity contribution in [3.63, 3.8) is 0 Å². The van der Waals surface area contributed by atoms with Gasteiger partial charge in [0.1, 0.15) is 0 Å². The highest BCUT2D eigenvalue weighted by atomic mass is 15.0. The first kappa shape index (κ1) is 24.9. The Morgan fingerprint density at radius 2 is 0.870 bits per heavy atom. The van der Waals surface area contributed by atoms with Gasteiger partial charge >= 0.3 is 0 Å². The van der Waals surface area contributed by atoms with Gasteiger partial charge in [-0.15, -0.1) is 0 Å². The zero-order valence-electron chi connectivity index (χ0n) is 35.9. The van der Waals surface area contributed by atoms with Crippen molar-refractivity contribution in [1.82, 2.24) is 15.0 Å². The van der Waals surface area contributed by atoms with Crippen LogP contribution in [0.3, 0.4) is 0 Å². The SMILES string of the molecule is [2H]c1c([2H])c([2H])c2c([2H])c(-c3cc(-c4nc(-c5ccccc5)nc(-c5ccc6cc(-c7cccc(-c8ccccc8)c7)ccc6c5)n4)cc4ccccc34)c([2H])c([2H])c2c1[2H]. The number of benzene rings is 9. The predicted octanol–water partition coefficient (Wildman–Crippen LogP) is 13.3. The number of fused-ring (bicyclic) bond motifs is 3. The van der Waals surface area contributed by atoms with Crippen molar-refractivity contribution in [3.05, 3.63) is 200 Å². The molecule has 0 unspecified atom stereocenters. The molecule has 0 saturated heterocycles. The van der Waals surface area contributed by atoms with Crippen LogP contribution in [0.2, 0.25) is 0 Å². The van der Waals surface area contributed by atoms with Crippen LogP contribution in [0.4, 0.5) is 0 Å². The molecule has 0 amide bonds. The smallest absolute Gasteiger partial charge is 0.164 e. The summed E-state index contributed by atoms with van der Waals surface area (Å²) in [5.41, 5.74) is 7.24. The highest BCUT2D eigenvalue weighted by Gasteiger charge is 2.16. The fraction of sp³-hybridized carbons (Fsp3) is 0. The van der Waals surface area contributed by atoms with Crippen LogP contribution in [0.15, 0.2) is 200 Å². The summed E-state index contributed by atoms with van der Waals surface area (Å²) in [5.74, 6) is 1.27. The average molecular weight is 695 g/mol. The van der Waals surface area contributed by atoms with Crippen molar-refractivity contribution < 1.29 is 9.60 Å². The van der Waals surface area contributed by atoms with Crippen LogP contribution >= 0.6 is 0 Å². The third-order valence-electron chi connectivity index (χ3n) is 9.71. The molecule has 0 aliphatic heterocycles. The van der Waals surface area contributed by atoms with Crippen LogP contribution in [-0.2, 0) is 0 Å². The maximum absolute atomic E-state index is 9.34. The first-order chi connectivity index (χ1) is 29.6. The van der Waals surface area contributed by atoms with Gasteiger partial charge in [0.05, 0.1) is 9.60 Å². The van der Waals surface area contributed by atoms with E-state index >= 15 is 0 Å². The van der Waals surface area contributed by atoms with Crippen molar-refractivity contribution in [3.8, 4) is 67.5 Å². The molecule has 0 N–H and O–H groups in total. The molecular formula is C51H33N3. The van der Waals surface area contributed by atoms with Crippen molar-refractivity contribution in [1.29, 1.82) is 0 Å². The second-order valence-corrected chi connectivity index (χ2v) is 13.1.